The van der Waals surface area contributed by atoms with E-state index in [0.29, 0.717) is 35.8 Å². The van der Waals surface area contributed by atoms with Gasteiger partial charge in [0.25, 0.3) is 11.8 Å². The van der Waals surface area contributed by atoms with Gasteiger partial charge in [0.2, 0.25) is 5.91 Å². The minimum Gasteiger partial charge on any atom is -0.497 e. The molecule has 0 saturated carbocycles. The molecule has 0 saturated heterocycles. The molecule has 8 heteroatoms. The lowest BCUT2D eigenvalue weighted by Crippen LogP contribution is -2.33. The lowest BCUT2D eigenvalue weighted by Gasteiger charge is -2.09. The van der Waals surface area contributed by atoms with Crippen LogP contribution in [0.5, 0.6) is 11.5 Å². The highest BCUT2D eigenvalue weighted by atomic mass is 16.5. The lowest BCUT2D eigenvalue weighted by atomic mass is 10.2. The molecule has 2 aromatic rings. The van der Waals surface area contributed by atoms with Gasteiger partial charge in [0.15, 0.2) is 6.61 Å². The highest BCUT2D eigenvalue weighted by Crippen LogP contribution is 2.17. The summed E-state index contributed by atoms with van der Waals surface area (Å²) < 4.78 is 10.5. The Bertz CT molecular complexity index is 804. The average molecular weight is 385 g/mol. The molecule has 28 heavy (non-hydrogen) atoms. The third-order valence-corrected chi connectivity index (χ3v) is 3.64. The molecule has 0 atom stereocenters. The first kappa shape index (κ1) is 20.8. The molecule has 0 aliphatic heterocycles. The monoisotopic (exact) mass is 385 g/mol. The Labute approximate surface area is 163 Å². The zero-order chi connectivity index (χ0) is 20.4. The van der Waals surface area contributed by atoms with Crippen molar-refractivity contribution in [2.45, 2.75) is 6.92 Å². The Morgan fingerprint density at radius 3 is 2.07 bits per heavy atom. The largest absolute Gasteiger partial charge is 0.497 e. The smallest absolute Gasteiger partial charge is 0.262 e. The van der Waals surface area contributed by atoms with E-state index in [1.54, 1.807) is 55.6 Å². The summed E-state index contributed by atoms with van der Waals surface area (Å²) in [5.74, 6) is 0.540. The van der Waals surface area contributed by atoms with Crippen LogP contribution in [-0.2, 0) is 9.59 Å². The van der Waals surface area contributed by atoms with Crippen molar-refractivity contribution in [3.8, 4) is 11.5 Å². The van der Waals surface area contributed by atoms with E-state index in [1.165, 1.54) is 6.92 Å². The van der Waals surface area contributed by atoms with E-state index in [9.17, 15) is 14.4 Å². The van der Waals surface area contributed by atoms with Crippen LogP contribution >= 0.6 is 0 Å². The van der Waals surface area contributed by atoms with E-state index in [4.69, 9.17) is 9.47 Å². The number of hydrogen-bond acceptors (Lipinski definition) is 5. The molecular formula is C20H23N3O5. The van der Waals surface area contributed by atoms with E-state index >= 15 is 0 Å². The molecule has 8 nitrogen and oxygen atoms in total. The number of anilines is 1. The summed E-state index contributed by atoms with van der Waals surface area (Å²) in [5.41, 5.74) is 1.01. The maximum atomic E-state index is 12.0. The van der Waals surface area contributed by atoms with Gasteiger partial charge in [-0.15, -0.1) is 0 Å². The number of carbonyl (C=O) groups is 3. The molecule has 148 valence electrons. The van der Waals surface area contributed by atoms with E-state index in [1.807, 2.05) is 0 Å². The van der Waals surface area contributed by atoms with E-state index in [-0.39, 0.29) is 24.3 Å². The van der Waals surface area contributed by atoms with Crippen molar-refractivity contribution in [1.29, 1.82) is 0 Å². The van der Waals surface area contributed by atoms with Gasteiger partial charge in [-0.3, -0.25) is 14.4 Å². The number of ether oxygens (including phenoxy) is 2. The Morgan fingerprint density at radius 1 is 0.857 bits per heavy atom. The van der Waals surface area contributed by atoms with Crippen molar-refractivity contribution in [1.82, 2.24) is 10.6 Å². The van der Waals surface area contributed by atoms with Gasteiger partial charge in [0.1, 0.15) is 11.5 Å². The molecule has 0 bridgehead atoms. The average Bonchev–Trinajstić information content (AvgIpc) is 2.70. The standard InChI is InChI=1S/C20H23N3O5/c1-14(24)21-11-12-22-20(26)15-3-5-16(6-4-15)23-19(25)13-28-18-9-7-17(27-2)8-10-18/h3-10H,11-13H2,1-2H3,(H,21,24)(H,22,26)(H,23,25). The van der Waals surface area contributed by atoms with Crippen LogP contribution < -0.4 is 25.4 Å². The molecule has 3 amide bonds. The molecular weight excluding hydrogens is 362 g/mol. The maximum absolute atomic E-state index is 12.0. The van der Waals surface area contributed by atoms with Gasteiger partial charge in [-0.2, -0.15) is 0 Å². The van der Waals surface area contributed by atoms with E-state index in [0.717, 1.165) is 0 Å². The Balaban J connectivity index is 1.76. The zero-order valence-electron chi connectivity index (χ0n) is 15.8. The van der Waals surface area contributed by atoms with Crippen molar-refractivity contribution in [3.63, 3.8) is 0 Å². The van der Waals surface area contributed by atoms with Gasteiger partial charge in [-0.25, -0.2) is 0 Å². The van der Waals surface area contributed by atoms with Gasteiger partial charge >= 0.3 is 0 Å². The topological polar surface area (TPSA) is 106 Å². The second kappa shape index (κ2) is 10.6. The molecule has 2 aromatic carbocycles. The Hall–Kier alpha value is -3.55. The zero-order valence-corrected chi connectivity index (χ0v) is 15.8. The fraction of sp³-hybridized carbons (Fsp3) is 0.250. The minimum absolute atomic E-state index is 0.141. The molecule has 0 spiro atoms. The Kier molecular flexibility index (Phi) is 7.83. The lowest BCUT2D eigenvalue weighted by molar-refractivity contribution is -0.119. The normalized spacial score (nSPS) is 9.93. The summed E-state index contributed by atoms with van der Waals surface area (Å²) in [5, 5.41) is 7.98. The van der Waals surface area contributed by atoms with Crippen molar-refractivity contribution < 1.29 is 23.9 Å². The first-order valence-electron chi connectivity index (χ1n) is 8.67. The number of amides is 3. The van der Waals surface area contributed by atoms with Crippen LogP contribution in [0.4, 0.5) is 5.69 Å². The maximum Gasteiger partial charge on any atom is 0.262 e. The number of hydrogen-bond donors (Lipinski definition) is 3. The first-order valence-corrected chi connectivity index (χ1v) is 8.67. The molecule has 0 aliphatic carbocycles. The minimum atomic E-state index is -0.316. The molecule has 0 unspecified atom stereocenters. The van der Waals surface area contributed by atoms with Crippen LogP contribution in [-0.4, -0.2) is 44.5 Å². The predicted octanol–water partition coefficient (Wildman–Crippen LogP) is 1.58. The number of methoxy groups -OCH3 is 1. The van der Waals surface area contributed by atoms with Crippen LogP contribution in [0.1, 0.15) is 17.3 Å². The van der Waals surface area contributed by atoms with Crippen LogP contribution in [0.25, 0.3) is 0 Å². The second-order valence-corrected chi connectivity index (χ2v) is 5.83. The summed E-state index contributed by atoms with van der Waals surface area (Å²) >= 11 is 0. The van der Waals surface area contributed by atoms with Gasteiger partial charge < -0.3 is 25.4 Å². The van der Waals surface area contributed by atoms with Crippen LogP contribution in [0.15, 0.2) is 48.5 Å². The number of rotatable bonds is 9. The van der Waals surface area contributed by atoms with E-state index < -0.39 is 0 Å². The fourth-order valence-corrected chi connectivity index (χ4v) is 2.24. The molecule has 2 rings (SSSR count). The Morgan fingerprint density at radius 2 is 1.46 bits per heavy atom. The summed E-state index contributed by atoms with van der Waals surface area (Å²) in [4.78, 5) is 34.7. The molecule has 0 fully saturated rings. The molecule has 0 aliphatic rings. The predicted molar refractivity (Wildman–Crippen MR) is 105 cm³/mol. The quantitative estimate of drug-likeness (QED) is 0.569. The van der Waals surface area contributed by atoms with E-state index in [2.05, 4.69) is 16.0 Å². The third kappa shape index (κ3) is 6.99. The third-order valence-electron chi connectivity index (χ3n) is 3.64. The highest BCUT2D eigenvalue weighted by molar-refractivity contribution is 5.96. The van der Waals surface area contributed by atoms with Crippen molar-refractivity contribution in [3.05, 3.63) is 54.1 Å². The highest BCUT2D eigenvalue weighted by Gasteiger charge is 2.07. The van der Waals surface area contributed by atoms with Gasteiger partial charge in [0, 0.05) is 31.3 Å². The second-order valence-electron chi connectivity index (χ2n) is 5.83. The summed E-state index contributed by atoms with van der Waals surface area (Å²) in [6, 6.07) is 13.4. The summed E-state index contributed by atoms with van der Waals surface area (Å²) in [6.45, 7) is 1.97. The number of carbonyl (C=O) groups excluding carboxylic acids is 3. The fourth-order valence-electron chi connectivity index (χ4n) is 2.24. The number of benzene rings is 2. The van der Waals surface area contributed by atoms with Gasteiger partial charge in [0.05, 0.1) is 7.11 Å². The van der Waals surface area contributed by atoms with Crippen LogP contribution in [0, 0.1) is 0 Å². The molecule has 0 aromatic heterocycles. The van der Waals surface area contributed by atoms with Gasteiger partial charge in [-0.05, 0) is 48.5 Å². The summed E-state index contributed by atoms with van der Waals surface area (Å²) in [6.07, 6.45) is 0. The molecule has 0 radical (unpaired) electrons. The van der Waals surface area contributed by atoms with Crippen molar-refractivity contribution in [2.24, 2.45) is 0 Å². The summed E-state index contributed by atoms with van der Waals surface area (Å²) in [7, 11) is 1.57. The number of nitrogens with one attached hydrogen (secondary N) is 3. The molecule has 3 N–H and O–H groups in total. The SMILES string of the molecule is COc1ccc(OCC(=O)Nc2ccc(C(=O)NCCNC(C)=O)cc2)cc1. The van der Waals surface area contributed by atoms with Crippen LogP contribution in [0.3, 0.4) is 0 Å². The van der Waals surface area contributed by atoms with Gasteiger partial charge in [-0.1, -0.05) is 0 Å². The first-order chi connectivity index (χ1) is 13.5. The van der Waals surface area contributed by atoms with Crippen LogP contribution in [0.2, 0.25) is 0 Å². The molecule has 0 heterocycles. The van der Waals surface area contributed by atoms with Crippen molar-refractivity contribution >= 4 is 23.4 Å². The van der Waals surface area contributed by atoms with Crippen molar-refractivity contribution in [2.75, 3.05) is 32.1 Å².